The fourth-order valence-electron chi connectivity index (χ4n) is 2.54. The third kappa shape index (κ3) is 4.47. The van der Waals surface area contributed by atoms with E-state index in [9.17, 15) is 4.79 Å². The van der Waals surface area contributed by atoms with Crippen molar-refractivity contribution in [3.8, 4) is 28.6 Å². The number of anilines is 2. The van der Waals surface area contributed by atoms with Crippen LogP contribution in [0.1, 0.15) is 0 Å². The number of methoxy groups -OCH3 is 3. The first kappa shape index (κ1) is 19.0. The smallest absolute Gasteiger partial charge is 0.323 e. The first-order valence-electron chi connectivity index (χ1n) is 8.41. The molecule has 0 aliphatic carbocycles. The van der Waals surface area contributed by atoms with Gasteiger partial charge >= 0.3 is 6.03 Å². The number of nitrogens with zero attached hydrogens (tertiary/aromatic N) is 2. The summed E-state index contributed by atoms with van der Waals surface area (Å²) in [6, 6.07) is 15.6. The number of carbonyl (C=O) groups is 1. The number of aromatic nitrogens is 2. The predicted molar refractivity (Wildman–Crippen MR) is 106 cm³/mol. The summed E-state index contributed by atoms with van der Waals surface area (Å²) in [5.74, 6) is 1.57. The molecule has 0 aliphatic heterocycles. The fraction of sp³-hybridized carbons (Fsp3) is 0.150. The molecule has 0 saturated heterocycles. The number of carbonyl (C=O) groups excluding carboxylic acids is 1. The SMILES string of the molecule is COc1ccc(OC)c(NC(=O)Nc2cccc(-c3ccc(OC)nn3)c2)c1. The normalized spacial score (nSPS) is 10.1. The van der Waals surface area contributed by atoms with Crippen molar-refractivity contribution in [2.45, 2.75) is 0 Å². The first-order chi connectivity index (χ1) is 13.6. The van der Waals surface area contributed by atoms with Crippen LogP contribution in [0.4, 0.5) is 16.2 Å². The van der Waals surface area contributed by atoms with Crippen LogP contribution in [0, 0.1) is 0 Å². The van der Waals surface area contributed by atoms with Gasteiger partial charge in [0.2, 0.25) is 5.88 Å². The van der Waals surface area contributed by atoms with Crippen LogP contribution in [-0.4, -0.2) is 37.6 Å². The Labute approximate surface area is 162 Å². The maximum atomic E-state index is 12.4. The Kier molecular flexibility index (Phi) is 5.91. The van der Waals surface area contributed by atoms with E-state index in [2.05, 4.69) is 20.8 Å². The van der Waals surface area contributed by atoms with Gasteiger partial charge in [0.05, 0.1) is 32.7 Å². The van der Waals surface area contributed by atoms with Crippen LogP contribution >= 0.6 is 0 Å². The zero-order valence-electron chi connectivity index (χ0n) is 15.7. The zero-order valence-corrected chi connectivity index (χ0v) is 15.7. The van der Waals surface area contributed by atoms with E-state index in [-0.39, 0.29) is 0 Å². The third-order valence-corrected chi connectivity index (χ3v) is 3.92. The summed E-state index contributed by atoms with van der Waals surface area (Å²) in [6.45, 7) is 0. The Bertz CT molecular complexity index is 961. The standard InChI is InChI=1S/C20H20N4O4/c1-26-15-7-9-18(27-2)17(12-15)22-20(25)21-14-6-4-5-13(11-14)16-8-10-19(28-3)24-23-16/h4-12H,1-3H3,(H2,21,22,25). The summed E-state index contributed by atoms with van der Waals surface area (Å²) in [5.41, 5.74) is 2.58. The van der Waals surface area contributed by atoms with E-state index >= 15 is 0 Å². The van der Waals surface area contributed by atoms with Crippen molar-refractivity contribution >= 4 is 17.4 Å². The zero-order chi connectivity index (χ0) is 19.9. The molecule has 1 heterocycles. The molecule has 0 aliphatic rings. The number of amides is 2. The number of hydrogen-bond acceptors (Lipinski definition) is 6. The highest BCUT2D eigenvalue weighted by atomic mass is 16.5. The molecule has 3 rings (SSSR count). The Hall–Kier alpha value is -3.81. The summed E-state index contributed by atoms with van der Waals surface area (Å²) >= 11 is 0. The minimum atomic E-state index is -0.412. The molecule has 2 aromatic carbocycles. The van der Waals surface area contributed by atoms with Gasteiger partial charge in [-0.15, -0.1) is 10.2 Å². The van der Waals surface area contributed by atoms with Crippen LogP contribution in [0.3, 0.4) is 0 Å². The first-order valence-corrected chi connectivity index (χ1v) is 8.41. The maximum Gasteiger partial charge on any atom is 0.323 e. The number of rotatable bonds is 6. The van der Waals surface area contributed by atoms with Crippen LogP contribution in [-0.2, 0) is 0 Å². The number of urea groups is 1. The second-order valence-corrected chi connectivity index (χ2v) is 5.69. The van der Waals surface area contributed by atoms with Gasteiger partial charge in [-0.05, 0) is 30.3 Å². The van der Waals surface area contributed by atoms with Gasteiger partial charge in [0.1, 0.15) is 11.5 Å². The van der Waals surface area contributed by atoms with Crippen molar-refractivity contribution in [1.29, 1.82) is 0 Å². The van der Waals surface area contributed by atoms with Gasteiger partial charge in [-0.1, -0.05) is 12.1 Å². The molecular formula is C20H20N4O4. The van der Waals surface area contributed by atoms with Crippen LogP contribution < -0.4 is 24.8 Å². The van der Waals surface area contributed by atoms with Crippen molar-refractivity contribution in [2.24, 2.45) is 0 Å². The van der Waals surface area contributed by atoms with Crippen molar-refractivity contribution in [2.75, 3.05) is 32.0 Å². The maximum absolute atomic E-state index is 12.4. The molecule has 0 bridgehead atoms. The largest absolute Gasteiger partial charge is 0.497 e. The van der Waals surface area contributed by atoms with Crippen molar-refractivity contribution in [1.82, 2.24) is 10.2 Å². The lowest BCUT2D eigenvalue weighted by atomic mass is 10.1. The van der Waals surface area contributed by atoms with E-state index < -0.39 is 6.03 Å². The molecule has 0 spiro atoms. The van der Waals surface area contributed by atoms with Crippen molar-refractivity contribution in [3.05, 3.63) is 54.6 Å². The van der Waals surface area contributed by atoms with Crippen molar-refractivity contribution in [3.63, 3.8) is 0 Å². The molecule has 0 fully saturated rings. The van der Waals surface area contributed by atoms with Crippen LogP contribution in [0.5, 0.6) is 17.4 Å². The Morgan fingerprint density at radius 3 is 2.39 bits per heavy atom. The molecule has 144 valence electrons. The summed E-state index contributed by atoms with van der Waals surface area (Å²) in [7, 11) is 4.62. The topological polar surface area (TPSA) is 94.6 Å². The average Bonchev–Trinajstić information content (AvgIpc) is 2.73. The van der Waals surface area contributed by atoms with Gasteiger partial charge < -0.3 is 24.8 Å². The van der Waals surface area contributed by atoms with Crippen LogP contribution in [0.15, 0.2) is 54.6 Å². The predicted octanol–water partition coefficient (Wildman–Crippen LogP) is 3.81. The van der Waals surface area contributed by atoms with Gasteiger partial charge in [-0.25, -0.2) is 4.79 Å². The molecule has 0 atom stereocenters. The molecule has 8 heteroatoms. The van der Waals surface area contributed by atoms with Gasteiger partial charge in [0.25, 0.3) is 0 Å². The molecular weight excluding hydrogens is 360 g/mol. The van der Waals surface area contributed by atoms with E-state index in [1.165, 1.54) is 14.2 Å². The summed E-state index contributed by atoms with van der Waals surface area (Å²) in [4.78, 5) is 12.4. The highest BCUT2D eigenvalue weighted by Gasteiger charge is 2.10. The highest BCUT2D eigenvalue weighted by Crippen LogP contribution is 2.29. The second kappa shape index (κ2) is 8.72. The number of benzene rings is 2. The second-order valence-electron chi connectivity index (χ2n) is 5.69. The van der Waals surface area contributed by atoms with Gasteiger partial charge in [-0.2, -0.15) is 0 Å². The third-order valence-electron chi connectivity index (χ3n) is 3.92. The molecule has 0 radical (unpaired) electrons. The van der Waals surface area contributed by atoms with E-state index in [0.717, 1.165) is 5.56 Å². The molecule has 0 saturated carbocycles. The van der Waals surface area contributed by atoms with Gasteiger partial charge in [0.15, 0.2) is 0 Å². The molecule has 1 aromatic heterocycles. The Balaban J connectivity index is 1.74. The Morgan fingerprint density at radius 2 is 1.71 bits per heavy atom. The number of nitrogens with one attached hydrogen (secondary N) is 2. The van der Waals surface area contributed by atoms with E-state index in [0.29, 0.717) is 34.4 Å². The van der Waals surface area contributed by atoms with E-state index in [1.54, 1.807) is 49.6 Å². The monoisotopic (exact) mass is 380 g/mol. The van der Waals surface area contributed by atoms with Gasteiger partial charge in [-0.3, -0.25) is 0 Å². The summed E-state index contributed by atoms with van der Waals surface area (Å²) in [6.07, 6.45) is 0. The van der Waals surface area contributed by atoms with Gasteiger partial charge in [0, 0.05) is 23.4 Å². The van der Waals surface area contributed by atoms with Crippen LogP contribution in [0.25, 0.3) is 11.3 Å². The lowest BCUT2D eigenvalue weighted by molar-refractivity contribution is 0.262. The lowest BCUT2D eigenvalue weighted by Crippen LogP contribution is -2.19. The minimum absolute atomic E-state index is 0.412. The van der Waals surface area contributed by atoms with Crippen molar-refractivity contribution < 1.29 is 19.0 Å². The summed E-state index contributed by atoms with van der Waals surface area (Å²) < 4.78 is 15.5. The average molecular weight is 380 g/mol. The van der Waals surface area contributed by atoms with E-state index in [4.69, 9.17) is 14.2 Å². The molecule has 2 amide bonds. The molecule has 0 unspecified atom stereocenters. The summed E-state index contributed by atoms with van der Waals surface area (Å²) in [5, 5.41) is 13.6. The number of hydrogen-bond donors (Lipinski definition) is 2. The molecule has 3 aromatic rings. The minimum Gasteiger partial charge on any atom is -0.497 e. The quantitative estimate of drug-likeness (QED) is 0.675. The highest BCUT2D eigenvalue weighted by molar-refractivity contribution is 6.01. The lowest BCUT2D eigenvalue weighted by Gasteiger charge is -2.13. The molecule has 8 nitrogen and oxygen atoms in total. The molecule has 2 N–H and O–H groups in total. The number of ether oxygens (including phenoxy) is 3. The molecule has 28 heavy (non-hydrogen) atoms. The Morgan fingerprint density at radius 1 is 0.857 bits per heavy atom. The van der Waals surface area contributed by atoms with Crippen LogP contribution in [0.2, 0.25) is 0 Å². The fourth-order valence-corrected chi connectivity index (χ4v) is 2.54. The van der Waals surface area contributed by atoms with E-state index in [1.807, 2.05) is 12.1 Å².